The number of rotatable bonds is 8. The molecular weight excluding hydrogens is 464 g/mol. The minimum Gasteiger partial charge on any atom is -0.341 e. The van der Waals surface area contributed by atoms with Gasteiger partial charge in [-0.25, -0.2) is 4.68 Å². The maximum absolute atomic E-state index is 13.3. The molecule has 0 bridgehead atoms. The van der Waals surface area contributed by atoms with Crippen LogP contribution in [0.15, 0.2) is 91.5 Å². The highest BCUT2D eigenvalue weighted by molar-refractivity contribution is 5.94. The van der Waals surface area contributed by atoms with Crippen molar-refractivity contribution >= 4 is 11.8 Å². The smallest absolute Gasteiger partial charge is 0.253 e. The Labute approximate surface area is 217 Å². The first-order valence-electron chi connectivity index (χ1n) is 12.7. The molecule has 0 N–H and O–H groups in total. The molecule has 0 aliphatic carbocycles. The number of aromatic nitrogens is 4. The van der Waals surface area contributed by atoms with Crippen LogP contribution in [0.4, 0.5) is 0 Å². The van der Waals surface area contributed by atoms with Crippen molar-refractivity contribution < 1.29 is 9.59 Å². The maximum Gasteiger partial charge on any atom is 0.253 e. The van der Waals surface area contributed by atoms with Gasteiger partial charge in [-0.1, -0.05) is 36.4 Å². The van der Waals surface area contributed by atoms with Crippen LogP contribution in [0.3, 0.4) is 0 Å². The van der Waals surface area contributed by atoms with Gasteiger partial charge in [-0.15, -0.1) is 0 Å². The predicted octanol–water partition coefficient (Wildman–Crippen LogP) is 3.69. The van der Waals surface area contributed by atoms with E-state index in [0.29, 0.717) is 24.6 Å². The Hall–Kier alpha value is -4.20. The molecule has 8 heteroatoms. The molecule has 0 unspecified atom stereocenters. The van der Waals surface area contributed by atoms with Crippen LogP contribution in [0, 0.1) is 5.92 Å². The molecular formula is C29H32N6O2. The van der Waals surface area contributed by atoms with Crippen LogP contribution in [-0.2, 0) is 17.8 Å². The minimum absolute atomic E-state index is 0.0372. The molecule has 3 heterocycles. The number of likely N-dealkylation sites (N-methyl/N-ethyl adjacent to an activating group) is 1. The second-order valence-corrected chi connectivity index (χ2v) is 9.60. The molecule has 1 aliphatic rings. The van der Waals surface area contributed by atoms with E-state index in [9.17, 15) is 9.59 Å². The molecule has 1 aliphatic heterocycles. The minimum atomic E-state index is 0.0372. The van der Waals surface area contributed by atoms with Gasteiger partial charge in [-0.3, -0.25) is 14.3 Å². The van der Waals surface area contributed by atoms with Gasteiger partial charge in [0.1, 0.15) is 6.54 Å². The fourth-order valence-electron chi connectivity index (χ4n) is 5.18. The fraction of sp³-hybridized carbons (Fsp3) is 0.310. The lowest BCUT2D eigenvalue weighted by molar-refractivity contribution is -0.134. The second kappa shape index (κ2) is 11.2. The van der Waals surface area contributed by atoms with Gasteiger partial charge < -0.3 is 9.80 Å². The highest BCUT2D eigenvalue weighted by atomic mass is 16.2. The third-order valence-electron chi connectivity index (χ3n) is 7.27. The van der Waals surface area contributed by atoms with E-state index in [4.69, 9.17) is 0 Å². The lowest BCUT2D eigenvalue weighted by Gasteiger charge is -2.40. The zero-order valence-electron chi connectivity index (χ0n) is 21.1. The van der Waals surface area contributed by atoms with Crippen LogP contribution in [0.1, 0.15) is 28.8 Å². The first-order valence-corrected chi connectivity index (χ1v) is 12.7. The van der Waals surface area contributed by atoms with Gasteiger partial charge in [0.2, 0.25) is 5.91 Å². The van der Waals surface area contributed by atoms with Crippen molar-refractivity contribution in [3.05, 3.63) is 103 Å². The number of carbonyl (C=O) groups excluding carboxylic acids is 2. The number of carbonyl (C=O) groups is 2. The van der Waals surface area contributed by atoms with Gasteiger partial charge in [0, 0.05) is 56.5 Å². The first-order chi connectivity index (χ1) is 18.1. The molecule has 37 heavy (non-hydrogen) atoms. The molecule has 2 aromatic carbocycles. The van der Waals surface area contributed by atoms with Gasteiger partial charge in [-0.05, 0) is 61.1 Å². The number of benzene rings is 2. The van der Waals surface area contributed by atoms with Crippen LogP contribution >= 0.6 is 0 Å². The molecule has 0 radical (unpaired) electrons. The Morgan fingerprint density at radius 1 is 0.946 bits per heavy atom. The van der Waals surface area contributed by atoms with E-state index < -0.39 is 0 Å². The molecule has 2 amide bonds. The quantitative estimate of drug-likeness (QED) is 0.373. The van der Waals surface area contributed by atoms with Crippen molar-refractivity contribution in [2.24, 2.45) is 5.92 Å². The molecule has 2 aromatic heterocycles. The summed E-state index contributed by atoms with van der Waals surface area (Å²) in [7, 11) is 1.90. The number of hydrogen-bond acceptors (Lipinski definition) is 4. The van der Waals surface area contributed by atoms with Crippen molar-refractivity contribution in [3.8, 4) is 5.69 Å². The molecule has 8 nitrogen and oxygen atoms in total. The van der Waals surface area contributed by atoms with Crippen molar-refractivity contribution in [2.45, 2.75) is 31.8 Å². The number of hydrogen-bond donors (Lipinski definition) is 0. The summed E-state index contributed by atoms with van der Waals surface area (Å²) < 4.78 is 3.42. The van der Waals surface area contributed by atoms with E-state index in [2.05, 4.69) is 22.3 Å². The standard InChI is InChI=1S/C29H32N6O2/c1-32(28(36)22-34-16-6-14-30-34)27(20-23-8-3-2-4-9-23)24-12-18-33(19-13-24)29(37)25-10-5-11-26(21-25)35-17-7-15-31-35/h2-11,14-17,21,24,27H,12-13,18-20,22H2,1H3/t27-/m1/s1. The van der Waals surface area contributed by atoms with Crippen LogP contribution in [0.2, 0.25) is 0 Å². The van der Waals surface area contributed by atoms with E-state index in [0.717, 1.165) is 24.9 Å². The summed E-state index contributed by atoms with van der Waals surface area (Å²) in [6.07, 6.45) is 9.57. The maximum atomic E-state index is 13.3. The molecule has 5 rings (SSSR count). The van der Waals surface area contributed by atoms with Gasteiger partial charge in [0.15, 0.2) is 0 Å². The summed E-state index contributed by atoms with van der Waals surface area (Å²) in [6, 6.07) is 21.6. The summed E-state index contributed by atoms with van der Waals surface area (Å²) in [5, 5.41) is 8.47. The molecule has 4 aromatic rings. The van der Waals surface area contributed by atoms with E-state index in [1.54, 1.807) is 21.8 Å². The first kappa shape index (κ1) is 24.5. The molecule has 1 fully saturated rings. The predicted molar refractivity (Wildman–Crippen MR) is 141 cm³/mol. The third-order valence-corrected chi connectivity index (χ3v) is 7.27. The summed E-state index contributed by atoms with van der Waals surface area (Å²) in [6.45, 7) is 1.56. The van der Waals surface area contributed by atoms with Crippen LogP contribution in [-0.4, -0.2) is 67.4 Å². The highest BCUT2D eigenvalue weighted by Crippen LogP contribution is 2.28. The Morgan fingerprint density at radius 3 is 2.41 bits per heavy atom. The Kier molecular flexibility index (Phi) is 7.44. The Morgan fingerprint density at radius 2 is 1.70 bits per heavy atom. The normalized spacial score (nSPS) is 14.9. The Bertz CT molecular complexity index is 1300. The van der Waals surface area contributed by atoms with Crippen LogP contribution in [0.25, 0.3) is 5.69 Å². The Balaban J connectivity index is 1.27. The lowest BCUT2D eigenvalue weighted by atomic mass is 9.84. The van der Waals surface area contributed by atoms with E-state index in [1.165, 1.54) is 5.56 Å². The summed E-state index contributed by atoms with van der Waals surface area (Å²) in [5.74, 6) is 0.375. The van der Waals surface area contributed by atoms with Gasteiger partial charge in [-0.2, -0.15) is 10.2 Å². The summed E-state index contributed by atoms with van der Waals surface area (Å²) in [5.41, 5.74) is 2.74. The number of amides is 2. The van der Waals surface area contributed by atoms with Gasteiger partial charge >= 0.3 is 0 Å². The largest absolute Gasteiger partial charge is 0.341 e. The van der Waals surface area contributed by atoms with Crippen molar-refractivity contribution in [2.75, 3.05) is 20.1 Å². The number of piperidine rings is 1. The third kappa shape index (κ3) is 5.80. The average Bonchev–Trinajstić information content (AvgIpc) is 3.67. The molecule has 0 spiro atoms. The molecule has 190 valence electrons. The molecule has 0 saturated carbocycles. The van der Waals surface area contributed by atoms with E-state index >= 15 is 0 Å². The lowest BCUT2D eigenvalue weighted by Crippen LogP contribution is -2.49. The van der Waals surface area contributed by atoms with Crippen molar-refractivity contribution in [1.82, 2.24) is 29.4 Å². The van der Waals surface area contributed by atoms with E-state index in [1.807, 2.05) is 83.8 Å². The molecule has 1 atom stereocenters. The average molecular weight is 497 g/mol. The van der Waals surface area contributed by atoms with E-state index in [-0.39, 0.29) is 24.4 Å². The van der Waals surface area contributed by atoms with Gasteiger partial charge in [0.25, 0.3) is 5.91 Å². The summed E-state index contributed by atoms with van der Waals surface area (Å²) in [4.78, 5) is 30.3. The van der Waals surface area contributed by atoms with Crippen LogP contribution < -0.4 is 0 Å². The fourth-order valence-corrected chi connectivity index (χ4v) is 5.18. The molecule has 1 saturated heterocycles. The zero-order chi connectivity index (χ0) is 25.6. The second-order valence-electron chi connectivity index (χ2n) is 9.60. The number of likely N-dealkylation sites (tertiary alicyclic amines) is 1. The zero-order valence-corrected chi connectivity index (χ0v) is 21.1. The van der Waals surface area contributed by atoms with Crippen molar-refractivity contribution in [1.29, 1.82) is 0 Å². The monoisotopic (exact) mass is 496 g/mol. The SMILES string of the molecule is CN(C(=O)Cn1cccn1)[C@H](Cc1ccccc1)C1CCN(C(=O)c2cccc(-n3cccn3)c2)CC1. The van der Waals surface area contributed by atoms with Crippen LogP contribution in [0.5, 0.6) is 0 Å². The highest BCUT2D eigenvalue weighted by Gasteiger charge is 2.33. The summed E-state index contributed by atoms with van der Waals surface area (Å²) >= 11 is 0. The number of nitrogens with zero attached hydrogens (tertiary/aromatic N) is 6. The topological polar surface area (TPSA) is 76.3 Å². The van der Waals surface area contributed by atoms with Crippen molar-refractivity contribution in [3.63, 3.8) is 0 Å². The van der Waals surface area contributed by atoms with Gasteiger partial charge in [0.05, 0.1) is 5.69 Å².